The van der Waals surface area contributed by atoms with Crippen molar-refractivity contribution in [3.05, 3.63) is 0 Å². The van der Waals surface area contributed by atoms with Crippen LogP contribution in [0, 0.1) is 5.41 Å². The Kier molecular flexibility index (Phi) is 5.65. The second-order valence-electron chi connectivity index (χ2n) is 5.23. The van der Waals surface area contributed by atoms with Crippen LogP contribution in [0.15, 0.2) is 0 Å². The van der Waals surface area contributed by atoms with Gasteiger partial charge in [-0.1, -0.05) is 53.4 Å². The number of hydrogen-bond donors (Lipinski definition) is 1. The number of alkyl halides is 1. The van der Waals surface area contributed by atoms with E-state index in [1.54, 1.807) is 0 Å². The molecule has 1 unspecified atom stereocenters. The molecular formula is C12H26FN. The lowest BCUT2D eigenvalue weighted by atomic mass is 9.75. The van der Waals surface area contributed by atoms with E-state index in [2.05, 4.69) is 6.92 Å². The van der Waals surface area contributed by atoms with Crippen LogP contribution >= 0.6 is 0 Å². The predicted octanol–water partition coefficient (Wildman–Crippen LogP) is 3.67. The minimum atomic E-state index is -1.19. The van der Waals surface area contributed by atoms with Gasteiger partial charge in [-0.05, 0) is 11.8 Å². The smallest absolute Gasteiger partial charge is 0.128 e. The van der Waals surface area contributed by atoms with E-state index in [-0.39, 0.29) is 12.0 Å². The molecule has 0 bridgehead atoms. The molecule has 2 N–H and O–H groups in total. The highest BCUT2D eigenvalue weighted by molar-refractivity contribution is 4.91. The van der Waals surface area contributed by atoms with Crippen molar-refractivity contribution in [3.63, 3.8) is 0 Å². The predicted molar refractivity (Wildman–Crippen MR) is 61.1 cm³/mol. The van der Waals surface area contributed by atoms with Crippen LogP contribution in [0.1, 0.15) is 59.8 Å². The summed E-state index contributed by atoms with van der Waals surface area (Å²) in [4.78, 5) is 0. The molecule has 0 radical (unpaired) electrons. The standard InChI is InChI=1S/C12H26FN/c1-5-6-7-8-9-12(13,10-14)11(2,3)4/h5-10,14H2,1-4H3. The Bertz CT molecular complexity index is 151. The summed E-state index contributed by atoms with van der Waals surface area (Å²) < 4.78 is 14.3. The highest BCUT2D eigenvalue weighted by atomic mass is 19.1. The Morgan fingerprint density at radius 3 is 2.00 bits per heavy atom. The van der Waals surface area contributed by atoms with Gasteiger partial charge in [-0.2, -0.15) is 0 Å². The van der Waals surface area contributed by atoms with Gasteiger partial charge in [0.05, 0.1) is 0 Å². The van der Waals surface area contributed by atoms with Crippen molar-refractivity contribution in [3.8, 4) is 0 Å². The Balaban J connectivity index is 4.01. The van der Waals surface area contributed by atoms with Crippen LogP contribution in [0.3, 0.4) is 0 Å². The molecule has 0 saturated carbocycles. The molecule has 0 aliphatic rings. The van der Waals surface area contributed by atoms with Gasteiger partial charge in [0, 0.05) is 6.54 Å². The molecule has 14 heavy (non-hydrogen) atoms. The van der Waals surface area contributed by atoms with Gasteiger partial charge in [-0.3, -0.25) is 0 Å². The zero-order chi connectivity index (χ0) is 11.2. The van der Waals surface area contributed by atoms with Gasteiger partial charge in [0.1, 0.15) is 5.67 Å². The molecule has 0 aliphatic carbocycles. The summed E-state index contributed by atoms with van der Waals surface area (Å²) in [5, 5.41) is 0. The van der Waals surface area contributed by atoms with Gasteiger partial charge in [0.15, 0.2) is 0 Å². The molecule has 0 aromatic rings. The summed E-state index contributed by atoms with van der Waals surface area (Å²) >= 11 is 0. The quantitative estimate of drug-likeness (QED) is 0.655. The van der Waals surface area contributed by atoms with Gasteiger partial charge in [0.2, 0.25) is 0 Å². The molecule has 1 nitrogen and oxygen atoms in total. The van der Waals surface area contributed by atoms with Gasteiger partial charge in [0.25, 0.3) is 0 Å². The summed E-state index contributed by atoms with van der Waals surface area (Å²) in [7, 11) is 0. The van der Waals surface area contributed by atoms with Crippen molar-refractivity contribution < 1.29 is 4.39 Å². The molecule has 0 fully saturated rings. The lowest BCUT2D eigenvalue weighted by molar-refractivity contribution is 0.0267. The number of nitrogens with two attached hydrogens (primary N) is 1. The fourth-order valence-electron chi connectivity index (χ4n) is 1.62. The number of rotatable bonds is 6. The van der Waals surface area contributed by atoms with Crippen LogP contribution in [-0.2, 0) is 0 Å². The third-order valence-corrected chi connectivity index (χ3v) is 3.09. The largest absolute Gasteiger partial charge is 0.328 e. The molecule has 0 heterocycles. The summed E-state index contributed by atoms with van der Waals surface area (Å²) in [5.74, 6) is 0. The topological polar surface area (TPSA) is 26.0 Å². The maximum atomic E-state index is 14.3. The molecule has 1 atom stereocenters. The van der Waals surface area contributed by atoms with Crippen LogP contribution < -0.4 is 5.73 Å². The normalized spacial score (nSPS) is 16.7. The highest BCUT2D eigenvalue weighted by Gasteiger charge is 2.40. The molecule has 2 heteroatoms. The maximum Gasteiger partial charge on any atom is 0.128 e. The highest BCUT2D eigenvalue weighted by Crippen LogP contribution is 2.37. The number of hydrogen-bond acceptors (Lipinski definition) is 1. The van der Waals surface area contributed by atoms with E-state index >= 15 is 0 Å². The van der Waals surface area contributed by atoms with E-state index in [9.17, 15) is 4.39 Å². The molecule has 0 rings (SSSR count). The summed E-state index contributed by atoms with van der Waals surface area (Å²) in [6.45, 7) is 8.09. The zero-order valence-electron chi connectivity index (χ0n) is 10.2. The second-order valence-corrected chi connectivity index (χ2v) is 5.23. The first-order valence-corrected chi connectivity index (χ1v) is 5.76. The Hall–Kier alpha value is -0.110. The van der Waals surface area contributed by atoms with Crippen molar-refractivity contribution in [1.82, 2.24) is 0 Å². The fourth-order valence-corrected chi connectivity index (χ4v) is 1.62. The van der Waals surface area contributed by atoms with Gasteiger partial charge in [-0.15, -0.1) is 0 Å². The average Bonchev–Trinajstić information content (AvgIpc) is 2.10. The van der Waals surface area contributed by atoms with E-state index in [0.717, 1.165) is 12.8 Å². The SMILES string of the molecule is CCCCCCC(F)(CN)C(C)(C)C. The average molecular weight is 203 g/mol. The minimum absolute atomic E-state index is 0.141. The van der Waals surface area contributed by atoms with E-state index in [1.165, 1.54) is 12.8 Å². The van der Waals surface area contributed by atoms with E-state index in [0.29, 0.717) is 6.42 Å². The zero-order valence-corrected chi connectivity index (χ0v) is 10.2. The molecule has 0 aliphatic heterocycles. The Morgan fingerprint density at radius 2 is 1.64 bits per heavy atom. The monoisotopic (exact) mass is 203 g/mol. The lowest BCUT2D eigenvalue weighted by Gasteiger charge is -2.37. The molecule has 86 valence electrons. The van der Waals surface area contributed by atoms with Crippen LogP contribution in [0.25, 0.3) is 0 Å². The van der Waals surface area contributed by atoms with Crippen molar-refractivity contribution in [2.75, 3.05) is 6.54 Å². The molecular weight excluding hydrogens is 177 g/mol. The summed E-state index contributed by atoms with van der Waals surface area (Å²) in [6.07, 6.45) is 5.08. The first-order chi connectivity index (χ1) is 6.37. The minimum Gasteiger partial charge on any atom is -0.328 e. The van der Waals surface area contributed by atoms with Gasteiger partial charge >= 0.3 is 0 Å². The van der Waals surface area contributed by atoms with Crippen molar-refractivity contribution in [1.29, 1.82) is 0 Å². The molecule has 0 amide bonds. The second kappa shape index (κ2) is 5.69. The first-order valence-electron chi connectivity index (χ1n) is 5.76. The van der Waals surface area contributed by atoms with Crippen molar-refractivity contribution in [2.24, 2.45) is 11.1 Å². The molecule has 0 aromatic heterocycles. The summed E-state index contributed by atoms with van der Waals surface area (Å²) in [5.41, 5.74) is 4.00. The van der Waals surface area contributed by atoms with Crippen LogP contribution in [0.2, 0.25) is 0 Å². The van der Waals surface area contributed by atoms with Crippen LogP contribution in [0.4, 0.5) is 4.39 Å². The maximum absolute atomic E-state index is 14.3. The Labute approximate surface area is 88.3 Å². The number of halogens is 1. The number of unbranched alkanes of at least 4 members (excludes halogenated alkanes) is 3. The van der Waals surface area contributed by atoms with Crippen LogP contribution in [-0.4, -0.2) is 12.2 Å². The first kappa shape index (κ1) is 13.9. The molecule has 0 aromatic carbocycles. The van der Waals surface area contributed by atoms with Crippen molar-refractivity contribution >= 4 is 0 Å². The third kappa shape index (κ3) is 3.95. The third-order valence-electron chi connectivity index (χ3n) is 3.09. The Morgan fingerprint density at radius 1 is 1.07 bits per heavy atom. The molecule has 0 spiro atoms. The molecule has 0 saturated heterocycles. The van der Waals surface area contributed by atoms with Crippen molar-refractivity contribution in [2.45, 2.75) is 65.5 Å². The van der Waals surface area contributed by atoms with Gasteiger partial charge < -0.3 is 5.73 Å². The van der Waals surface area contributed by atoms with Gasteiger partial charge in [-0.25, -0.2) is 4.39 Å². The van der Waals surface area contributed by atoms with E-state index in [1.807, 2.05) is 20.8 Å². The van der Waals surface area contributed by atoms with Crippen LogP contribution in [0.5, 0.6) is 0 Å². The van der Waals surface area contributed by atoms with E-state index < -0.39 is 5.67 Å². The summed E-state index contributed by atoms with van der Waals surface area (Å²) in [6, 6.07) is 0. The lowest BCUT2D eigenvalue weighted by Crippen LogP contribution is -2.45. The van der Waals surface area contributed by atoms with E-state index in [4.69, 9.17) is 5.73 Å². The fraction of sp³-hybridized carbons (Fsp3) is 1.00.